The number of rotatable bonds is 10. The minimum atomic E-state index is -1.86. The van der Waals surface area contributed by atoms with E-state index in [4.69, 9.17) is 9.47 Å². The second-order valence-electron chi connectivity index (χ2n) is 11.8. The Balaban J connectivity index is 1.33. The van der Waals surface area contributed by atoms with Crippen LogP contribution in [0.15, 0.2) is 35.9 Å². The van der Waals surface area contributed by atoms with E-state index in [1.807, 2.05) is 13.8 Å². The molecule has 228 valence electrons. The van der Waals surface area contributed by atoms with Crippen molar-refractivity contribution < 1.29 is 33.5 Å². The maximum absolute atomic E-state index is 13.6. The van der Waals surface area contributed by atoms with Crippen LogP contribution in [-0.4, -0.2) is 120 Å². The molecule has 1 aromatic carbocycles. The number of carbonyl (C=O) groups is 2. The SMILES string of the molecule is CC(C)(/C=C(\C#N)C(=O)N1CCCC[C@@H]1COC(=O)N[C@@H](Cc1ccc(F)cc1)B(O)O)N1CCN(C2COC2)CC1. The molecule has 3 aliphatic heterocycles. The zero-order valence-electron chi connectivity index (χ0n) is 24.4. The standard InChI is InChI=1S/C29H41BFN5O6/c1-29(2,35-13-11-34(12-14-35)25-18-41-19-25)16-22(17-32)27(37)36-10-4-3-5-24(36)20-42-28(38)33-26(30(39)40)15-21-6-8-23(31)9-7-21/h6-9,16,24-26,39-40H,3-5,10-15,18-20H2,1-2H3,(H,33,38)/b22-16+/t24-,26+/m1/s1. The van der Waals surface area contributed by atoms with Crippen LogP contribution in [0.5, 0.6) is 0 Å². The quantitative estimate of drug-likeness (QED) is 0.209. The molecule has 11 nitrogen and oxygen atoms in total. The van der Waals surface area contributed by atoms with Gasteiger partial charge >= 0.3 is 13.2 Å². The van der Waals surface area contributed by atoms with Gasteiger partial charge in [0, 0.05) is 38.3 Å². The molecule has 0 aliphatic carbocycles. The second kappa shape index (κ2) is 14.4. The van der Waals surface area contributed by atoms with E-state index in [1.54, 1.807) is 11.0 Å². The van der Waals surface area contributed by atoms with Crippen LogP contribution in [0.4, 0.5) is 9.18 Å². The van der Waals surface area contributed by atoms with E-state index in [2.05, 4.69) is 21.2 Å². The summed E-state index contributed by atoms with van der Waals surface area (Å²) in [6, 6.07) is 7.67. The number of benzene rings is 1. The van der Waals surface area contributed by atoms with Gasteiger partial charge in [0.1, 0.15) is 24.1 Å². The highest BCUT2D eigenvalue weighted by molar-refractivity contribution is 6.43. The van der Waals surface area contributed by atoms with Crippen molar-refractivity contribution in [2.24, 2.45) is 0 Å². The topological polar surface area (TPSA) is 139 Å². The number of hydrogen-bond donors (Lipinski definition) is 3. The number of piperidine rings is 1. The Kier molecular flexibility index (Phi) is 11.0. The lowest BCUT2D eigenvalue weighted by Crippen LogP contribution is -2.59. The Hall–Kier alpha value is -3.02. The first-order chi connectivity index (χ1) is 20.1. The summed E-state index contributed by atoms with van der Waals surface area (Å²) < 4.78 is 23.9. The molecule has 0 bridgehead atoms. The summed E-state index contributed by atoms with van der Waals surface area (Å²) >= 11 is 0. The largest absolute Gasteiger partial charge is 0.475 e. The number of halogens is 1. The van der Waals surface area contributed by atoms with E-state index in [-0.39, 0.29) is 24.5 Å². The number of nitriles is 1. The Morgan fingerprint density at radius 1 is 1.19 bits per heavy atom. The normalized spacial score (nSPS) is 21.7. The zero-order valence-corrected chi connectivity index (χ0v) is 24.4. The van der Waals surface area contributed by atoms with Crippen molar-refractivity contribution in [1.29, 1.82) is 5.26 Å². The molecule has 3 fully saturated rings. The van der Waals surface area contributed by atoms with Gasteiger partial charge in [0.15, 0.2) is 0 Å². The summed E-state index contributed by atoms with van der Waals surface area (Å²) in [5.41, 5.74) is 0.163. The van der Waals surface area contributed by atoms with Crippen LogP contribution < -0.4 is 5.32 Å². The summed E-state index contributed by atoms with van der Waals surface area (Å²) in [7, 11) is -1.86. The van der Waals surface area contributed by atoms with Gasteiger partial charge in [0.2, 0.25) is 0 Å². The summed E-state index contributed by atoms with van der Waals surface area (Å²) in [6.07, 6.45) is 3.17. The average molecular weight is 585 g/mol. The van der Waals surface area contributed by atoms with Gasteiger partial charge in [0.05, 0.1) is 31.2 Å². The number of likely N-dealkylation sites (tertiary alicyclic amines) is 1. The molecule has 0 radical (unpaired) electrons. The van der Waals surface area contributed by atoms with Crippen molar-refractivity contribution in [3.05, 3.63) is 47.3 Å². The Bertz CT molecular complexity index is 1150. The lowest BCUT2D eigenvalue weighted by molar-refractivity contribution is -0.131. The number of piperazine rings is 1. The summed E-state index contributed by atoms with van der Waals surface area (Å²) in [5, 5.41) is 31.9. The summed E-state index contributed by atoms with van der Waals surface area (Å²) in [6.45, 7) is 9.39. The van der Waals surface area contributed by atoms with Gasteiger partial charge < -0.3 is 29.7 Å². The molecule has 42 heavy (non-hydrogen) atoms. The van der Waals surface area contributed by atoms with E-state index < -0.39 is 36.6 Å². The highest BCUT2D eigenvalue weighted by Gasteiger charge is 2.36. The van der Waals surface area contributed by atoms with Gasteiger partial charge in [0.25, 0.3) is 5.91 Å². The second-order valence-corrected chi connectivity index (χ2v) is 11.8. The highest BCUT2D eigenvalue weighted by atomic mass is 19.1. The Labute approximate surface area is 247 Å². The monoisotopic (exact) mass is 585 g/mol. The van der Waals surface area contributed by atoms with E-state index in [0.29, 0.717) is 24.6 Å². The first-order valence-electron chi connectivity index (χ1n) is 14.6. The summed E-state index contributed by atoms with van der Waals surface area (Å²) in [4.78, 5) is 32.5. The van der Waals surface area contributed by atoms with Crippen LogP contribution in [0, 0.1) is 17.1 Å². The third kappa shape index (κ3) is 8.29. The number of hydrogen-bond acceptors (Lipinski definition) is 9. The van der Waals surface area contributed by atoms with E-state index in [9.17, 15) is 29.3 Å². The third-order valence-electron chi connectivity index (χ3n) is 8.44. The molecule has 3 aliphatic rings. The molecule has 3 saturated heterocycles. The molecule has 0 saturated carbocycles. The molecular formula is C29H41BFN5O6. The van der Waals surface area contributed by atoms with Gasteiger partial charge in [-0.3, -0.25) is 14.6 Å². The van der Waals surface area contributed by atoms with Gasteiger partial charge in [-0.05, 0) is 63.3 Å². The van der Waals surface area contributed by atoms with Crippen LogP contribution in [-0.2, 0) is 20.7 Å². The van der Waals surface area contributed by atoms with Crippen molar-refractivity contribution in [2.75, 3.05) is 52.5 Å². The molecule has 3 N–H and O–H groups in total. The Morgan fingerprint density at radius 2 is 1.88 bits per heavy atom. The van der Waals surface area contributed by atoms with Crippen molar-refractivity contribution in [2.45, 2.75) is 63.1 Å². The highest BCUT2D eigenvalue weighted by Crippen LogP contribution is 2.25. The number of alkyl carbamates (subject to hydrolysis) is 1. The first-order valence-corrected chi connectivity index (χ1v) is 14.6. The number of nitrogens with one attached hydrogen (secondary N) is 1. The van der Waals surface area contributed by atoms with Crippen LogP contribution >= 0.6 is 0 Å². The van der Waals surface area contributed by atoms with Gasteiger partial charge in [-0.2, -0.15) is 5.26 Å². The number of ether oxygens (including phenoxy) is 2. The van der Waals surface area contributed by atoms with Gasteiger partial charge in [-0.1, -0.05) is 12.1 Å². The number of nitrogens with zero attached hydrogens (tertiary/aromatic N) is 4. The molecule has 1 aromatic rings. The van der Waals surface area contributed by atoms with E-state index in [0.717, 1.165) is 52.2 Å². The molecule has 0 aromatic heterocycles. The van der Waals surface area contributed by atoms with Crippen LogP contribution in [0.2, 0.25) is 0 Å². The smallest absolute Gasteiger partial charge is 0.447 e. The maximum atomic E-state index is 13.6. The van der Waals surface area contributed by atoms with Crippen molar-refractivity contribution in [3.8, 4) is 6.07 Å². The lowest BCUT2D eigenvalue weighted by Gasteiger charge is -2.46. The molecule has 3 heterocycles. The number of carbonyl (C=O) groups excluding carboxylic acids is 2. The molecule has 4 rings (SSSR count). The number of amides is 2. The predicted octanol–water partition coefficient (Wildman–Crippen LogP) is 1.10. The zero-order chi connectivity index (χ0) is 30.3. The molecule has 2 amide bonds. The van der Waals surface area contributed by atoms with Crippen molar-refractivity contribution in [1.82, 2.24) is 20.0 Å². The fourth-order valence-electron chi connectivity index (χ4n) is 5.75. The van der Waals surface area contributed by atoms with E-state index in [1.165, 1.54) is 24.3 Å². The van der Waals surface area contributed by atoms with E-state index >= 15 is 0 Å². The van der Waals surface area contributed by atoms with Gasteiger partial charge in [-0.25, -0.2) is 9.18 Å². The molecule has 2 atom stereocenters. The lowest BCUT2D eigenvalue weighted by atomic mass is 9.76. The average Bonchev–Trinajstić information content (AvgIpc) is 2.94. The minimum absolute atomic E-state index is 0.0528. The Morgan fingerprint density at radius 3 is 2.48 bits per heavy atom. The van der Waals surface area contributed by atoms with Crippen LogP contribution in [0.25, 0.3) is 0 Å². The van der Waals surface area contributed by atoms with Crippen molar-refractivity contribution in [3.63, 3.8) is 0 Å². The first kappa shape index (κ1) is 31.9. The molecule has 0 unspecified atom stereocenters. The summed E-state index contributed by atoms with van der Waals surface area (Å²) in [5.74, 6) is -1.88. The minimum Gasteiger partial charge on any atom is -0.447 e. The molecule has 13 heteroatoms. The fourth-order valence-corrected chi connectivity index (χ4v) is 5.75. The van der Waals surface area contributed by atoms with Crippen LogP contribution in [0.1, 0.15) is 38.7 Å². The van der Waals surface area contributed by atoms with Gasteiger partial charge in [-0.15, -0.1) is 0 Å². The maximum Gasteiger partial charge on any atom is 0.475 e. The predicted molar refractivity (Wildman–Crippen MR) is 153 cm³/mol. The third-order valence-corrected chi connectivity index (χ3v) is 8.44. The molecular weight excluding hydrogens is 544 g/mol. The fraction of sp³-hybridized carbons (Fsp3) is 0.621. The molecule has 0 spiro atoms. The van der Waals surface area contributed by atoms with Crippen LogP contribution in [0.3, 0.4) is 0 Å². The van der Waals surface area contributed by atoms with Crippen molar-refractivity contribution >= 4 is 19.1 Å².